The summed E-state index contributed by atoms with van der Waals surface area (Å²) in [5, 5.41) is 5.93. The van der Waals surface area contributed by atoms with Gasteiger partial charge >= 0.3 is 0 Å². The smallest absolute Gasteiger partial charge is 0.258 e. The van der Waals surface area contributed by atoms with Crippen LogP contribution in [0.1, 0.15) is 39.1 Å². The Hall–Kier alpha value is -4.93. The van der Waals surface area contributed by atoms with E-state index >= 15 is 0 Å². The number of carbonyl (C=O) groups is 3. The second-order valence-corrected chi connectivity index (χ2v) is 11.5. The lowest BCUT2D eigenvalue weighted by atomic mass is 10.1. The van der Waals surface area contributed by atoms with Crippen molar-refractivity contribution in [3.63, 3.8) is 0 Å². The first-order valence-electron chi connectivity index (χ1n) is 14.9. The lowest BCUT2D eigenvalue weighted by molar-refractivity contribution is -0.123. The van der Waals surface area contributed by atoms with E-state index in [1.54, 1.807) is 41.3 Å². The summed E-state index contributed by atoms with van der Waals surface area (Å²) in [6, 6.07) is 16.9. The molecule has 4 heterocycles. The van der Waals surface area contributed by atoms with Crippen molar-refractivity contribution in [3.8, 4) is 28.7 Å². The molecule has 4 aliphatic heterocycles. The van der Waals surface area contributed by atoms with Crippen LogP contribution in [0, 0.1) is 5.92 Å². The molecule has 2 atom stereocenters. The lowest BCUT2D eigenvalue weighted by Gasteiger charge is -2.21. The van der Waals surface area contributed by atoms with Gasteiger partial charge in [0.25, 0.3) is 17.7 Å². The largest absolute Gasteiger partial charge is 0.493 e. The first-order chi connectivity index (χ1) is 21.5. The summed E-state index contributed by atoms with van der Waals surface area (Å²) < 4.78 is 29.4. The van der Waals surface area contributed by atoms with Crippen LogP contribution in [0.3, 0.4) is 0 Å². The third kappa shape index (κ3) is 6.36. The fourth-order valence-electron chi connectivity index (χ4n) is 5.44. The first-order valence-corrected chi connectivity index (χ1v) is 14.9. The summed E-state index contributed by atoms with van der Waals surface area (Å²) in [4.78, 5) is 41.5. The van der Waals surface area contributed by atoms with Crippen molar-refractivity contribution >= 4 is 17.7 Å². The van der Waals surface area contributed by atoms with Gasteiger partial charge in [-0.2, -0.15) is 0 Å². The Kier molecular flexibility index (Phi) is 7.59. The van der Waals surface area contributed by atoms with Crippen LogP contribution in [0.4, 0.5) is 0 Å². The number of amides is 3. The van der Waals surface area contributed by atoms with E-state index in [0.717, 1.165) is 18.4 Å². The molecule has 4 bridgehead atoms. The summed E-state index contributed by atoms with van der Waals surface area (Å²) in [5.41, 5.74) is 1.67. The summed E-state index contributed by atoms with van der Waals surface area (Å²) in [5.74, 6) is 2.21. The van der Waals surface area contributed by atoms with Gasteiger partial charge in [-0.15, -0.1) is 0 Å². The van der Waals surface area contributed by atoms with E-state index in [2.05, 4.69) is 10.6 Å². The first kappa shape index (κ1) is 27.9. The highest BCUT2D eigenvalue weighted by Crippen LogP contribution is 2.33. The Labute approximate surface area is 254 Å². The Bertz CT molecular complexity index is 1570. The van der Waals surface area contributed by atoms with Gasteiger partial charge in [0.1, 0.15) is 36.6 Å². The van der Waals surface area contributed by atoms with Gasteiger partial charge in [0, 0.05) is 30.3 Å². The molecule has 0 aromatic heterocycles. The van der Waals surface area contributed by atoms with E-state index in [1.807, 2.05) is 24.3 Å². The molecule has 44 heavy (non-hydrogen) atoms. The minimum atomic E-state index is -0.522. The Morgan fingerprint density at radius 2 is 1.70 bits per heavy atom. The number of nitrogens with one attached hydrogen (secondary N) is 2. The quantitative estimate of drug-likeness (QED) is 0.469. The van der Waals surface area contributed by atoms with Crippen LogP contribution in [-0.4, -0.2) is 74.3 Å². The maximum absolute atomic E-state index is 13.7. The fraction of sp³-hybridized carbons (Fsp3) is 0.364. The van der Waals surface area contributed by atoms with Gasteiger partial charge in [-0.1, -0.05) is 12.1 Å². The van der Waals surface area contributed by atoms with E-state index in [9.17, 15) is 14.4 Å². The van der Waals surface area contributed by atoms with E-state index in [-0.39, 0.29) is 37.4 Å². The molecule has 1 saturated carbocycles. The Balaban J connectivity index is 1.16. The molecule has 3 aromatic rings. The topological polar surface area (TPSA) is 125 Å². The van der Waals surface area contributed by atoms with Gasteiger partial charge < -0.3 is 39.2 Å². The minimum Gasteiger partial charge on any atom is -0.493 e. The van der Waals surface area contributed by atoms with Gasteiger partial charge in [0.2, 0.25) is 0 Å². The number of benzene rings is 3. The SMILES string of the molecule is O=C1COc2cc(OCC3CC3)cc(c2)C(=O)N[C@H]2CN(C(=O)c3ccc4c(c3)OCCO4)C[C@@H]2Oc2ccc(cc2)CN1. The number of fused-ring (bicyclic) bond motifs is 8. The second kappa shape index (κ2) is 12.0. The van der Waals surface area contributed by atoms with Crippen LogP contribution < -0.4 is 34.3 Å². The highest BCUT2D eigenvalue weighted by molar-refractivity contribution is 5.97. The van der Waals surface area contributed by atoms with Crippen molar-refractivity contribution in [1.29, 1.82) is 0 Å². The highest BCUT2D eigenvalue weighted by atomic mass is 16.6. The molecule has 2 N–H and O–H groups in total. The monoisotopic (exact) mass is 599 g/mol. The van der Waals surface area contributed by atoms with Crippen LogP contribution in [0.5, 0.6) is 28.7 Å². The average molecular weight is 600 g/mol. The minimum absolute atomic E-state index is 0.202. The standard InChI is InChI=1S/C33H33N3O8/c37-31-19-43-26-12-23(11-25(14-26)42-18-21-1-2-21)32(38)35-27-16-36(17-30(27)44-24-6-3-20(4-7-24)15-34-31)33(39)22-5-8-28-29(13-22)41-10-9-40-28/h3-8,11-14,21,27,30H,1-2,9-10,15-19H2,(H,34,37)(H,35,38)/t27-,30-/m0/s1. The summed E-state index contributed by atoms with van der Waals surface area (Å²) in [6.45, 7) is 2.04. The Morgan fingerprint density at radius 1 is 0.886 bits per heavy atom. The number of hydrogen-bond donors (Lipinski definition) is 2. The molecular weight excluding hydrogens is 566 g/mol. The molecule has 1 saturated heterocycles. The molecule has 0 spiro atoms. The molecule has 228 valence electrons. The molecule has 0 unspecified atom stereocenters. The van der Waals surface area contributed by atoms with E-state index in [4.69, 9.17) is 23.7 Å². The predicted octanol–water partition coefficient (Wildman–Crippen LogP) is 2.96. The van der Waals surface area contributed by atoms with Gasteiger partial charge in [-0.05, 0) is 66.8 Å². The van der Waals surface area contributed by atoms with E-state index < -0.39 is 12.1 Å². The van der Waals surface area contributed by atoms with Crippen molar-refractivity contribution in [2.24, 2.45) is 5.92 Å². The van der Waals surface area contributed by atoms with Gasteiger partial charge in [-0.3, -0.25) is 14.4 Å². The predicted molar refractivity (Wildman–Crippen MR) is 157 cm³/mol. The third-order valence-electron chi connectivity index (χ3n) is 8.05. The molecule has 11 heteroatoms. The number of rotatable bonds is 4. The van der Waals surface area contributed by atoms with Crippen LogP contribution in [0.2, 0.25) is 0 Å². The third-order valence-corrected chi connectivity index (χ3v) is 8.05. The van der Waals surface area contributed by atoms with Crippen molar-refractivity contribution in [2.75, 3.05) is 39.5 Å². The molecule has 0 radical (unpaired) electrons. The zero-order valence-corrected chi connectivity index (χ0v) is 24.1. The second-order valence-electron chi connectivity index (χ2n) is 11.5. The molecule has 5 aliphatic rings. The van der Waals surface area contributed by atoms with Crippen molar-refractivity contribution in [2.45, 2.75) is 31.5 Å². The lowest BCUT2D eigenvalue weighted by Crippen LogP contribution is -2.45. The average Bonchev–Trinajstić information content (AvgIpc) is 3.81. The fourth-order valence-corrected chi connectivity index (χ4v) is 5.44. The zero-order valence-electron chi connectivity index (χ0n) is 24.1. The molecule has 3 aromatic carbocycles. The molecule has 11 nitrogen and oxygen atoms in total. The van der Waals surface area contributed by atoms with Gasteiger partial charge in [-0.25, -0.2) is 0 Å². The maximum atomic E-state index is 13.7. The molecule has 2 fully saturated rings. The number of nitrogens with zero attached hydrogens (tertiary/aromatic N) is 1. The summed E-state index contributed by atoms with van der Waals surface area (Å²) in [6.07, 6.45) is 1.72. The van der Waals surface area contributed by atoms with Gasteiger partial charge in [0.15, 0.2) is 18.1 Å². The van der Waals surface area contributed by atoms with Gasteiger partial charge in [0.05, 0.1) is 19.2 Å². The normalized spacial score (nSPS) is 21.2. The molecular formula is C33H33N3O8. The summed E-state index contributed by atoms with van der Waals surface area (Å²) >= 11 is 0. The maximum Gasteiger partial charge on any atom is 0.258 e. The van der Waals surface area contributed by atoms with E-state index in [0.29, 0.717) is 72.2 Å². The number of likely N-dealkylation sites (tertiary alicyclic amines) is 1. The van der Waals surface area contributed by atoms with Crippen LogP contribution in [0.25, 0.3) is 0 Å². The number of carbonyl (C=O) groups excluding carboxylic acids is 3. The summed E-state index contributed by atoms with van der Waals surface area (Å²) in [7, 11) is 0. The number of hydrogen-bond acceptors (Lipinski definition) is 8. The molecule has 1 aliphatic carbocycles. The number of ether oxygens (including phenoxy) is 5. The van der Waals surface area contributed by atoms with Crippen LogP contribution in [0.15, 0.2) is 60.7 Å². The molecule has 3 amide bonds. The van der Waals surface area contributed by atoms with E-state index in [1.165, 1.54) is 0 Å². The van der Waals surface area contributed by atoms with Crippen LogP contribution >= 0.6 is 0 Å². The van der Waals surface area contributed by atoms with Crippen LogP contribution in [-0.2, 0) is 11.3 Å². The molecule has 8 rings (SSSR count). The highest BCUT2D eigenvalue weighted by Gasteiger charge is 2.39. The van der Waals surface area contributed by atoms with Crippen molar-refractivity contribution < 1.29 is 38.1 Å². The Morgan fingerprint density at radius 3 is 2.52 bits per heavy atom. The zero-order chi connectivity index (χ0) is 30.0. The van der Waals surface area contributed by atoms with Crippen molar-refractivity contribution in [3.05, 3.63) is 77.4 Å². The van der Waals surface area contributed by atoms with Crippen molar-refractivity contribution in [1.82, 2.24) is 15.5 Å².